The number of carboxylic acids is 1. The number of ether oxygens (including phenoxy) is 9. The maximum Gasteiger partial charge on any atom is 1.00 e. The fraction of sp³-hybridized carbons (Fsp3) is 0.621. The quantitative estimate of drug-likeness (QED) is 0.0330. The van der Waals surface area contributed by atoms with Crippen molar-refractivity contribution in [2.24, 2.45) is 17.8 Å². The number of carbonyl (C=O) groups is 4. The van der Waals surface area contributed by atoms with Crippen LogP contribution < -0.4 is 63.5 Å². The Morgan fingerprint density at radius 1 is 0.468 bits per heavy atom. The van der Waals surface area contributed by atoms with Crippen molar-refractivity contribution >= 4 is 46.6 Å². The van der Waals surface area contributed by atoms with E-state index in [-0.39, 0.29) is 87.2 Å². The molecule has 4 aliphatic heterocycles. The van der Waals surface area contributed by atoms with Crippen LogP contribution in [0.1, 0.15) is 234 Å². The fourth-order valence-electron chi connectivity index (χ4n) is 16.4. The van der Waals surface area contributed by atoms with E-state index in [0.29, 0.717) is 69.6 Å². The molecule has 23 nitrogen and oxygen atoms in total. The number of anilines is 4. The van der Waals surface area contributed by atoms with Gasteiger partial charge in [0.25, 0.3) is 11.5 Å². The number of aromatic amines is 1. The van der Waals surface area contributed by atoms with Crippen molar-refractivity contribution in [2.45, 2.75) is 244 Å². The zero-order chi connectivity index (χ0) is 77.2. The van der Waals surface area contributed by atoms with Gasteiger partial charge in [-0.3, -0.25) is 9.59 Å². The number of pyridine rings is 1. The first-order valence-electron chi connectivity index (χ1n) is 39.4. The minimum absolute atomic E-state index is 0. The third kappa shape index (κ3) is 24.5. The second-order valence-corrected chi connectivity index (χ2v) is 30.4. The molecule has 5 N–H and O–H groups in total. The standard InChI is InChI=1S/C28H39N3O4.C21H31NO4.C20H29NO4.C16H23NO4.2CH4.Li.H2O/c1-6-31(21-7-9-34-10-8-21)26-15-23(35-22-11-17(2)12-22)14-24(20(26)5)27(32)29-16-25-18(3)13-19(4)30-28(25)33;1-5-22(16-6-8-25-9-7-16)20-13-18(26-17-10-14(2)11-17)12-19(15(20)3)21(23)24-4;1-4-21(15-5-7-24-8-6-15)19-12-17(25-16-9-13(2)10-16)11-18(14(19)3)20(22)23;1-4-17(12-5-7-21-8-6-12)15-10-13(18)9-14(11(15)2)16(19)20-3;;;;/h13-15,17,21-22H,6-12,16H2,1-5H3,(H,29,32)(H,30,33);12-14,16-17H,5-11H2,1-4H3;11-13,15-16H,4-10H2,1-3H3,(H,22,23);9-10,12,18H,4-8H2,1-3H3;2*1H4;;1H2/q;;;;;;+1;/p-1. The number of aromatic carboxylic acids is 1. The Morgan fingerprint density at radius 2 is 0.766 bits per heavy atom. The molecule has 0 radical (unpaired) electrons. The van der Waals surface area contributed by atoms with Crippen molar-refractivity contribution in [2.75, 3.05) is 113 Å². The van der Waals surface area contributed by atoms with E-state index in [1.807, 2.05) is 65.8 Å². The van der Waals surface area contributed by atoms with Gasteiger partial charge in [0.1, 0.15) is 23.0 Å². The number of carbonyl (C=O) groups excluding carboxylic acids is 3. The number of rotatable bonds is 24. The molecule has 0 atom stereocenters. The van der Waals surface area contributed by atoms with Crippen LogP contribution in [0.5, 0.6) is 23.0 Å². The van der Waals surface area contributed by atoms with Crippen molar-refractivity contribution in [1.82, 2.24) is 10.3 Å². The van der Waals surface area contributed by atoms with Crippen LogP contribution in [0, 0.1) is 59.3 Å². The largest absolute Gasteiger partial charge is 1.00 e. The van der Waals surface area contributed by atoms with Gasteiger partial charge in [0.15, 0.2) is 0 Å². The second kappa shape index (κ2) is 44.8. The van der Waals surface area contributed by atoms with Gasteiger partial charge in [-0.1, -0.05) is 35.6 Å². The Kier molecular flexibility index (Phi) is 38.0. The third-order valence-corrected chi connectivity index (χ3v) is 22.7. The van der Waals surface area contributed by atoms with Crippen LogP contribution in [-0.2, 0) is 35.0 Å². The number of aromatic nitrogens is 1. The number of amides is 1. The number of hydrogen-bond acceptors (Lipinski definition) is 20. The van der Waals surface area contributed by atoms with Gasteiger partial charge in [-0.2, -0.15) is 0 Å². The summed E-state index contributed by atoms with van der Waals surface area (Å²) in [5.74, 6) is 2.55. The zero-order valence-corrected chi connectivity index (χ0v) is 67.9. The maximum absolute atomic E-state index is 13.4. The van der Waals surface area contributed by atoms with Crippen molar-refractivity contribution in [3.8, 4) is 23.0 Å². The molecule has 0 spiro atoms. The predicted molar refractivity (Wildman–Crippen MR) is 435 cm³/mol. The number of phenolic OH excluding ortho intramolecular Hbond substituents is 1. The van der Waals surface area contributed by atoms with E-state index in [4.69, 9.17) is 42.6 Å². The van der Waals surface area contributed by atoms with E-state index >= 15 is 0 Å². The van der Waals surface area contributed by atoms with Crippen LogP contribution >= 0.6 is 0 Å². The molecule has 4 saturated heterocycles. The number of H-pyrrole nitrogens is 1. The summed E-state index contributed by atoms with van der Waals surface area (Å²) < 4.78 is 50.4. The van der Waals surface area contributed by atoms with Crippen LogP contribution in [0.25, 0.3) is 0 Å². The molecule has 612 valence electrons. The Bertz CT molecular complexity index is 3850. The van der Waals surface area contributed by atoms with Crippen LogP contribution in [0.4, 0.5) is 22.7 Å². The van der Waals surface area contributed by atoms with E-state index in [1.165, 1.54) is 20.3 Å². The Morgan fingerprint density at radius 3 is 1.07 bits per heavy atom. The summed E-state index contributed by atoms with van der Waals surface area (Å²) >= 11 is 0. The molecule has 12 rings (SSSR count). The van der Waals surface area contributed by atoms with Gasteiger partial charge in [-0.25, -0.2) is 14.4 Å². The van der Waals surface area contributed by atoms with Crippen LogP contribution in [0.3, 0.4) is 0 Å². The first kappa shape index (κ1) is 94.1. The summed E-state index contributed by atoms with van der Waals surface area (Å²) in [7, 11) is 2.78. The number of aryl methyl sites for hydroxylation is 2. The number of nitrogens with one attached hydrogen (secondary N) is 2. The monoisotopic (exact) mass is 1540 g/mol. The molecule has 111 heavy (non-hydrogen) atoms. The van der Waals surface area contributed by atoms with Gasteiger partial charge < -0.3 is 88.2 Å². The summed E-state index contributed by atoms with van der Waals surface area (Å²) in [5.41, 5.74) is 11.6. The molecule has 0 unspecified atom stereocenters. The summed E-state index contributed by atoms with van der Waals surface area (Å²) in [6.07, 6.45) is 14.8. The van der Waals surface area contributed by atoms with Gasteiger partial charge in [-0.15, -0.1) is 0 Å². The van der Waals surface area contributed by atoms with Gasteiger partial charge in [0.05, 0.1) is 49.2 Å². The minimum atomic E-state index is -0.894. The second-order valence-electron chi connectivity index (χ2n) is 30.4. The van der Waals surface area contributed by atoms with Crippen LogP contribution in [-0.4, -0.2) is 180 Å². The van der Waals surface area contributed by atoms with Crippen LogP contribution in [0.2, 0.25) is 0 Å². The molecule has 7 fully saturated rings. The van der Waals surface area contributed by atoms with E-state index in [0.717, 1.165) is 243 Å². The summed E-state index contributed by atoms with van der Waals surface area (Å²) in [4.78, 5) is 73.9. The Hall–Kier alpha value is -7.49. The number of hydrogen-bond donors (Lipinski definition) is 4. The van der Waals surface area contributed by atoms with E-state index < -0.39 is 11.9 Å². The molecular formula is C87H131LiN6O17. The number of carboxylic acid groups (broad SMARTS) is 1. The normalized spacial score (nSPS) is 20.2. The van der Waals surface area contributed by atoms with Crippen molar-refractivity contribution in [3.05, 3.63) is 126 Å². The van der Waals surface area contributed by atoms with Crippen LogP contribution in [0.15, 0.2) is 59.4 Å². The van der Waals surface area contributed by atoms with Gasteiger partial charge in [0, 0.05) is 174 Å². The smallest absolute Gasteiger partial charge is 0.870 e. The van der Waals surface area contributed by atoms with Crippen molar-refractivity contribution in [1.29, 1.82) is 0 Å². The number of aromatic hydroxyl groups is 1. The SMILES string of the molecule is C.C.CCN(c1cc(O)cc(C(=O)OC)c1C)C1CCOCC1.CCN(c1cc(OC2CC(C)C2)cc(C(=O)NCc2c(C)cc(C)[nH]c2=O)c1C)C1CCOCC1.CCN(c1cc(OC2CC(C)C2)cc(C(=O)O)c1C)C1CCOCC1.CCN(c1cc(OC2CC(C)C2)cc(C(=O)OC)c1C)C1CCOCC1.[Li+].[OH-]. The molecule has 7 aliphatic rings. The molecular weight excluding hydrogens is 1410 g/mol. The van der Waals surface area contributed by atoms with Crippen molar-refractivity contribution < 1.29 is 96.4 Å². The Labute approximate surface area is 673 Å². The van der Waals surface area contributed by atoms with E-state index in [1.54, 1.807) is 12.1 Å². The number of nitrogens with zero attached hydrogens (tertiary/aromatic N) is 4. The molecule has 3 aliphatic carbocycles. The first-order valence-corrected chi connectivity index (χ1v) is 39.4. The molecule has 5 aromatic rings. The maximum atomic E-state index is 13.4. The fourth-order valence-corrected chi connectivity index (χ4v) is 16.4. The molecule has 5 heterocycles. The molecule has 1 aromatic heterocycles. The minimum Gasteiger partial charge on any atom is -0.870 e. The molecule has 1 amide bonds. The average Bonchev–Trinajstić information content (AvgIpc) is 0.820. The summed E-state index contributed by atoms with van der Waals surface area (Å²) in [6, 6.07) is 18.3. The van der Waals surface area contributed by atoms with Gasteiger partial charge in [0.2, 0.25) is 0 Å². The predicted octanol–water partition coefficient (Wildman–Crippen LogP) is 12.8. The number of phenols is 1. The van der Waals surface area contributed by atoms with Gasteiger partial charge in [-0.05, 0) is 235 Å². The molecule has 0 bridgehead atoms. The molecule has 4 aromatic carbocycles. The zero-order valence-electron chi connectivity index (χ0n) is 67.9. The number of benzene rings is 4. The van der Waals surface area contributed by atoms with Gasteiger partial charge >= 0.3 is 36.8 Å². The summed E-state index contributed by atoms with van der Waals surface area (Å²) in [6.45, 7) is 36.5. The van der Waals surface area contributed by atoms with E-state index in [2.05, 4.69) is 90.5 Å². The summed E-state index contributed by atoms with van der Waals surface area (Å²) in [5, 5.41) is 22.6. The number of methoxy groups -OCH3 is 2. The van der Waals surface area contributed by atoms with Crippen molar-refractivity contribution in [3.63, 3.8) is 0 Å². The molecule has 3 saturated carbocycles. The Balaban J connectivity index is 0.000000266. The van der Waals surface area contributed by atoms with E-state index in [9.17, 15) is 34.2 Å². The first-order chi connectivity index (χ1) is 51.4. The topological polar surface area (TPSA) is 280 Å². The third-order valence-electron chi connectivity index (χ3n) is 22.7. The molecule has 24 heteroatoms. The number of esters is 2. The average molecular weight is 1540 g/mol.